The van der Waals surface area contributed by atoms with Gasteiger partial charge in [0.05, 0.1) is 17.3 Å². The summed E-state index contributed by atoms with van der Waals surface area (Å²) in [5.74, 6) is -0.471. The van der Waals surface area contributed by atoms with Crippen molar-refractivity contribution >= 4 is 29.3 Å². The van der Waals surface area contributed by atoms with Crippen molar-refractivity contribution in [1.29, 1.82) is 0 Å². The predicted octanol–water partition coefficient (Wildman–Crippen LogP) is 3.32. The van der Waals surface area contributed by atoms with Gasteiger partial charge in [0.1, 0.15) is 0 Å². The molecule has 1 aliphatic rings. The fourth-order valence-electron chi connectivity index (χ4n) is 2.56. The lowest BCUT2D eigenvalue weighted by molar-refractivity contribution is -0.119. The van der Waals surface area contributed by atoms with Crippen LogP contribution < -0.4 is 10.2 Å². The smallest absolute Gasteiger partial charge is 0.251 e. The Bertz CT molecular complexity index is 753. The summed E-state index contributed by atoms with van der Waals surface area (Å²) in [5.41, 5.74) is 2.36. The molecule has 23 heavy (non-hydrogen) atoms. The molecule has 0 radical (unpaired) electrons. The number of anilines is 2. The number of hydrogen-bond donors (Lipinski definition) is 1. The Morgan fingerprint density at radius 1 is 1.13 bits per heavy atom. The second-order valence-electron chi connectivity index (χ2n) is 5.60. The van der Waals surface area contributed by atoms with Gasteiger partial charge in [0.15, 0.2) is 0 Å². The van der Waals surface area contributed by atoms with Gasteiger partial charge in [0.2, 0.25) is 5.91 Å². The van der Waals surface area contributed by atoms with Crippen molar-refractivity contribution in [2.75, 3.05) is 16.8 Å². The highest BCUT2D eigenvalue weighted by Gasteiger charge is 2.27. The van der Waals surface area contributed by atoms with Crippen LogP contribution >= 0.6 is 0 Å². The Morgan fingerprint density at radius 3 is 2.61 bits per heavy atom. The molecule has 0 aromatic heterocycles. The minimum Gasteiger partial charge on any atom is -0.324 e. The summed E-state index contributed by atoms with van der Waals surface area (Å²) in [6.07, 6.45) is 3.34. The lowest BCUT2D eigenvalue weighted by Crippen LogP contribution is -2.34. The van der Waals surface area contributed by atoms with E-state index in [4.69, 9.17) is 0 Å². The molecule has 0 spiro atoms. The van der Waals surface area contributed by atoms with Crippen molar-refractivity contribution in [3.63, 3.8) is 0 Å². The van der Waals surface area contributed by atoms with Crippen molar-refractivity contribution < 1.29 is 9.59 Å². The maximum Gasteiger partial charge on any atom is 0.251 e. The van der Waals surface area contributed by atoms with Gasteiger partial charge in [-0.1, -0.05) is 49.4 Å². The van der Waals surface area contributed by atoms with Gasteiger partial charge in [0.25, 0.3) is 5.91 Å². The first-order valence-electron chi connectivity index (χ1n) is 7.59. The summed E-state index contributed by atoms with van der Waals surface area (Å²) in [7, 11) is 0. The molecule has 1 aliphatic heterocycles. The molecule has 116 valence electrons. The number of nitrogens with one attached hydrogen (secondary N) is 1. The van der Waals surface area contributed by atoms with Gasteiger partial charge in [-0.2, -0.15) is 0 Å². The molecule has 0 fully saturated rings. The molecule has 2 aromatic rings. The Labute approximate surface area is 135 Å². The SMILES string of the molecule is CC1CN(C(=O)/C=C\c2ccccc2)c2ccccc2NC1=O. The molecule has 4 nitrogen and oxygen atoms in total. The minimum absolute atomic E-state index is 0.0696. The molecule has 3 rings (SSSR count). The number of fused-ring (bicyclic) bond motifs is 1. The first-order chi connectivity index (χ1) is 11.1. The van der Waals surface area contributed by atoms with E-state index in [2.05, 4.69) is 5.32 Å². The molecule has 2 amide bonds. The lowest BCUT2D eigenvalue weighted by atomic mass is 10.1. The van der Waals surface area contributed by atoms with Gasteiger partial charge in [-0.3, -0.25) is 9.59 Å². The molecule has 1 heterocycles. The average Bonchev–Trinajstić information content (AvgIpc) is 2.71. The van der Waals surface area contributed by atoms with Crippen molar-refractivity contribution in [3.05, 3.63) is 66.2 Å². The van der Waals surface area contributed by atoms with E-state index in [0.29, 0.717) is 12.2 Å². The summed E-state index contributed by atoms with van der Waals surface area (Å²) >= 11 is 0. The number of rotatable bonds is 2. The summed E-state index contributed by atoms with van der Waals surface area (Å²) in [6.45, 7) is 2.18. The number of carbonyl (C=O) groups is 2. The number of nitrogens with zero attached hydrogens (tertiary/aromatic N) is 1. The Morgan fingerprint density at radius 2 is 1.83 bits per heavy atom. The topological polar surface area (TPSA) is 49.4 Å². The standard InChI is InChI=1S/C19H18N2O2/c1-14-13-21(17-10-6-5-9-16(17)20-19(14)23)18(22)12-11-15-7-3-2-4-8-15/h2-12,14H,13H2,1H3,(H,20,23)/b12-11-. The molecule has 0 aliphatic carbocycles. The largest absolute Gasteiger partial charge is 0.324 e. The van der Waals surface area contributed by atoms with Crippen LogP contribution in [0.1, 0.15) is 12.5 Å². The second-order valence-corrected chi connectivity index (χ2v) is 5.60. The highest BCUT2D eigenvalue weighted by atomic mass is 16.2. The van der Waals surface area contributed by atoms with E-state index in [-0.39, 0.29) is 17.7 Å². The van der Waals surface area contributed by atoms with Crippen LogP contribution in [0.3, 0.4) is 0 Å². The number of hydrogen-bond acceptors (Lipinski definition) is 2. The normalized spacial score (nSPS) is 17.5. The van der Waals surface area contributed by atoms with Crippen molar-refractivity contribution in [3.8, 4) is 0 Å². The molecule has 4 heteroatoms. The lowest BCUT2D eigenvalue weighted by Gasteiger charge is -2.22. The zero-order chi connectivity index (χ0) is 16.2. The Kier molecular flexibility index (Phi) is 4.24. The van der Waals surface area contributed by atoms with Gasteiger partial charge in [-0.15, -0.1) is 0 Å². The summed E-state index contributed by atoms with van der Waals surface area (Å²) in [5, 5.41) is 2.87. The predicted molar refractivity (Wildman–Crippen MR) is 92.1 cm³/mol. The first kappa shape index (κ1) is 15.0. The molecule has 1 unspecified atom stereocenters. The van der Waals surface area contributed by atoms with Gasteiger partial charge in [-0.05, 0) is 23.8 Å². The van der Waals surface area contributed by atoms with Crippen LogP contribution in [-0.4, -0.2) is 18.4 Å². The number of benzene rings is 2. The minimum atomic E-state index is -0.267. The molecule has 0 bridgehead atoms. The van der Waals surface area contributed by atoms with Crippen LogP contribution in [0.25, 0.3) is 6.08 Å². The Hall–Kier alpha value is -2.88. The van der Waals surface area contributed by atoms with E-state index >= 15 is 0 Å². The highest BCUT2D eigenvalue weighted by molar-refractivity contribution is 6.09. The molecule has 2 aromatic carbocycles. The van der Waals surface area contributed by atoms with Crippen LogP contribution in [0.2, 0.25) is 0 Å². The zero-order valence-corrected chi connectivity index (χ0v) is 12.9. The molecule has 1 N–H and O–H groups in total. The van der Waals surface area contributed by atoms with Crippen LogP contribution in [0.5, 0.6) is 0 Å². The molecule has 0 saturated heterocycles. The number of amides is 2. The van der Waals surface area contributed by atoms with E-state index in [1.165, 1.54) is 0 Å². The second kappa shape index (κ2) is 6.48. The van der Waals surface area contributed by atoms with Gasteiger partial charge in [-0.25, -0.2) is 0 Å². The molecule has 1 atom stereocenters. The van der Waals surface area contributed by atoms with Gasteiger partial charge < -0.3 is 10.2 Å². The van der Waals surface area contributed by atoms with E-state index in [0.717, 1.165) is 11.3 Å². The average molecular weight is 306 g/mol. The maximum absolute atomic E-state index is 12.6. The van der Waals surface area contributed by atoms with Gasteiger partial charge >= 0.3 is 0 Å². The number of carbonyl (C=O) groups excluding carboxylic acids is 2. The third-order valence-electron chi connectivity index (χ3n) is 3.84. The summed E-state index contributed by atoms with van der Waals surface area (Å²) < 4.78 is 0. The van der Waals surface area contributed by atoms with Crippen molar-refractivity contribution in [2.24, 2.45) is 5.92 Å². The number of para-hydroxylation sites is 2. The van der Waals surface area contributed by atoms with Crippen LogP contribution in [0.15, 0.2) is 60.7 Å². The fraction of sp³-hybridized carbons (Fsp3) is 0.158. The van der Waals surface area contributed by atoms with Gasteiger partial charge in [0, 0.05) is 12.6 Å². The quantitative estimate of drug-likeness (QED) is 0.865. The Balaban J connectivity index is 1.90. The van der Waals surface area contributed by atoms with E-state index in [1.54, 1.807) is 17.1 Å². The summed E-state index contributed by atoms with van der Waals surface area (Å²) in [6, 6.07) is 17.0. The van der Waals surface area contributed by atoms with Crippen LogP contribution in [0.4, 0.5) is 11.4 Å². The summed E-state index contributed by atoms with van der Waals surface area (Å²) in [4.78, 5) is 26.3. The third kappa shape index (κ3) is 3.31. The van der Waals surface area contributed by atoms with E-state index in [9.17, 15) is 9.59 Å². The highest BCUT2D eigenvalue weighted by Crippen LogP contribution is 2.30. The maximum atomic E-state index is 12.6. The molecular formula is C19H18N2O2. The van der Waals surface area contributed by atoms with E-state index in [1.807, 2.05) is 61.5 Å². The molecule has 0 saturated carbocycles. The monoisotopic (exact) mass is 306 g/mol. The van der Waals surface area contributed by atoms with Crippen LogP contribution in [0, 0.1) is 5.92 Å². The third-order valence-corrected chi connectivity index (χ3v) is 3.84. The van der Waals surface area contributed by atoms with Crippen molar-refractivity contribution in [2.45, 2.75) is 6.92 Å². The van der Waals surface area contributed by atoms with E-state index < -0.39 is 0 Å². The zero-order valence-electron chi connectivity index (χ0n) is 12.9. The van der Waals surface area contributed by atoms with Crippen LogP contribution in [-0.2, 0) is 9.59 Å². The first-order valence-corrected chi connectivity index (χ1v) is 7.59. The molecular weight excluding hydrogens is 288 g/mol. The van der Waals surface area contributed by atoms with Crippen molar-refractivity contribution in [1.82, 2.24) is 0 Å². The fourth-order valence-corrected chi connectivity index (χ4v) is 2.56.